The maximum absolute atomic E-state index is 5.54. The summed E-state index contributed by atoms with van der Waals surface area (Å²) in [5.41, 5.74) is 7.67. The van der Waals surface area contributed by atoms with E-state index in [1.807, 2.05) is 0 Å². The van der Waals surface area contributed by atoms with Gasteiger partial charge in [-0.2, -0.15) is 0 Å². The first-order valence-electron chi connectivity index (χ1n) is 7.82. The van der Waals surface area contributed by atoms with Crippen LogP contribution in [0.15, 0.2) is 36.4 Å². The highest BCUT2D eigenvalue weighted by atomic mass is 16.5. The van der Waals surface area contributed by atoms with Gasteiger partial charge in [-0.25, -0.2) is 0 Å². The van der Waals surface area contributed by atoms with Crippen LogP contribution < -0.4 is 10.1 Å². The van der Waals surface area contributed by atoms with Crippen molar-refractivity contribution in [1.82, 2.24) is 0 Å². The number of methoxy groups -OCH3 is 1. The lowest BCUT2D eigenvalue weighted by Crippen LogP contribution is -1.97. The molecule has 114 valence electrons. The molecule has 0 aromatic heterocycles. The minimum atomic E-state index is 0.446. The van der Waals surface area contributed by atoms with Gasteiger partial charge in [-0.15, -0.1) is 0 Å². The number of hydrogen-bond acceptors (Lipinski definition) is 2. The molecular weight excluding hydrogens is 270 g/mol. The Morgan fingerprint density at radius 2 is 1.95 bits per heavy atom. The molecule has 0 amide bonds. The molecule has 0 saturated carbocycles. The molecule has 0 unspecified atom stereocenters. The van der Waals surface area contributed by atoms with Crippen molar-refractivity contribution in [2.24, 2.45) is 0 Å². The van der Waals surface area contributed by atoms with E-state index in [0.29, 0.717) is 5.92 Å². The van der Waals surface area contributed by atoms with Crippen LogP contribution in [0.2, 0.25) is 0 Å². The summed E-state index contributed by atoms with van der Waals surface area (Å²) in [5.74, 6) is 1.43. The Kier molecular flexibility index (Phi) is 3.93. The van der Waals surface area contributed by atoms with Crippen molar-refractivity contribution in [2.45, 2.75) is 26.7 Å². The van der Waals surface area contributed by atoms with Crippen LogP contribution in [0, 0.1) is 6.92 Å². The number of ether oxygens (including phenoxy) is 1. The van der Waals surface area contributed by atoms with Gasteiger partial charge in [0.05, 0.1) is 7.11 Å². The molecule has 0 aliphatic carbocycles. The number of hydrogen-bond donors (Lipinski definition) is 1. The van der Waals surface area contributed by atoms with Crippen molar-refractivity contribution < 1.29 is 4.74 Å². The molecule has 1 N–H and O–H groups in total. The molecule has 2 aromatic rings. The fourth-order valence-electron chi connectivity index (χ4n) is 3.02. The third kappa shape index (κ3) is 2.61. The summed E-state index contributed by atoms with van der Waals surface area (Å²) in [6, 6.07) is 12.9. The first-order valence-corrected chi connectivity index (χ1v) is 7.82. The highest BCUT2D eigenvalue weighted by molar-refractivity contribution is 5.93. The van der Waals surface area contributed by atoms with Crippen LogP contribution in [0.1, 0.15) is 42.0 Å². The second-order valence-electron chi connectivity index (χ2n) is 6.17. The summed E-state index contributed by atoms with van der Waals surface area (Å²) in [6.07, 6.45) is 2.31. The van der Waals surface area contributed by atoms with Crippen LogP contribution in [-0.4, -0.2) is 13.7 Å². The Morgan fingerprint density at radius 1 is 1.18 bits per heavy atom. The fraction of sp³-hybridized carbons (Fsp3) is 0.300. The zero-order valence-corrected chi connectivity index (χ0v) is 13.7. The standard InChI is InChI=1S/C20H23NO/c1-13(2)18-11-15(14(3)9-20(18)22-4)10-16-12-21-19-8-6-5-7-17(16)19/h5-11,13,21H,12H2,1-4H3/b16-10+. The van der Waals surface area contributed by atoms with Crippen LogP contribution in [0.5, 0.6) is 5.75 Å². The number of nitrogens with one attached hydrogen (secondary N) is 1. The van der Waals surface area contributed by atoms with Crippen molar-refractivity contribution in [3.8, 4) is 5.75 Å². The molecule has 3 rings (SSSR count). The molecule has 2 aromatic carbocycles. The monoisotopic (exact) mass is 293 g/mol. The molecule has 22 heavy (non-hydrogen) atoms. The highest BCUT2D eigenvalue weighted by Gasteiger charge is 2.16. The molecular formula is C20H23NO. The van der Waals surface area contributed by atoms with E-state index >= 15 is 0 Å². The first-order chi connectivity index (χ1) is 10.6. The molecule has 0 spiro atoms. The summed E-state index contributed by atoms with van der Waals surface area (Å²) in [7, 11) is 1.75. The zero-order valence-electron chi connectivity index (χ0n) is 13.7. The average molecular weight is 293 g/mol. The van der Waals surface area contributed by atoms with Crippen LogP contribution >= 0.6 is 0 Å². The second-order valence-corrected chi connectivity index (χ2v) is 6.17. The Labute approximate surface area is 132 Å². The molecule has 1 aliphatic rings. The third-order valence-electron chi connectivity index (χ3n) is 4.31. The van der Waals surface area contributed by atoms with Crippen LogP contribution in [0.3, 0.4) is 0 Å². The maximum Gasteiger partial charge on any atom is 0.122 e. The maximum atomic E-state index is 5.54. The van der Waals surface area contributed by atoms with Gasteiger partial charge in [0.2, 0.25) is 0 Å². The lowest BCUT2D eigenvalue weighted by molar-refractivity contribution is 0.407. The van der Waals surface area contributed by atoms with Crippen molar-refractivity contribution in [3.63, 3.8) is 0 Å². The Hall–Kier alpha value is -2.22. The number of anilines is 1. The van der Waals surface area contributed by atoms with Gasteiger partial charge < -0.3 is 10.1 Å². The van der Waals surface area contributed by atoms with Crippen LogP contribution in [0.25, 0.3) is 11.6 Å². The first kappa shape index (κ1) is 14.7. The van der Waals surface area contributed by atoms with Crippen molar-refractivity contribution in [3.05, 3.63) is 58.7 Å². The zero-order chi connectivity index (χ0) is 15.7. The summed E-state index contributed by atoms with van der Waals surface area (Å²) in [6.45, 7) is 7.45. The van der Waals surface area contributed by atoms with Crippen molar-refractivity contribution in [2.75, 3.05) is 19.0 Å². The molecule has 0 radical (unpaired) electrons. The normalized spacial score (nSPS) is 15.0. The van der Waals surface area contributed by atoms with Crippen LogP contribution in [-0.2, 0) is 0 Å². The van der Waals surface area contributed by atoms with E-state index in [2.05, 4.69) is 68.6 Å². The largest absolute Gasteiger partial charge is 0.496 e. The van der Waals surface area contributed by atoms with Crippen molar-refractivity contribution in [1.29, 1.82) is 0 Å². The van der Waals surface area contributed by atoms with Crippen molar-refractivity contribution >= 4 is 17.3 Å². The van der Waals surface area contributed by atoms with Gasteiger partial charge in [0, 0.05) is 17.8 Å². The average Bonchev–Trinajstić information content (AvgIpc) is 2.92. The van der Waals surface area contributed by atoms with E-state index in [9.17, 15) is 0 Å². The number of fused-ring (bicyclic) bond motifs is 1. The Balaban J connectivity index is 2.06. The minimum absolute atomic E-state index is 0.446. The van der Waals surface area contributed by atoms with E-state index in [0.717, 1.165) is 12.3 Å². The Morgan fingerprint density at radius 3 is 2.68 bits per heavy atom. The quantitative estimate of drug-likeness (QED) is 0.850. The molecule has 0 bridgehead atoms. The summed E-state index contributed by atoms with van der Waals surface area (Å²) >= 11 is 0. The van der Waals surface area contributed by atoms with Gasteiger partial charge in [0.25, 0.3) is 0 Å². The number of rotatable bonds is 3. The second kappa shape index (κ2) is 5.88. The number of benzene rings is 2. The lowest BCUT2D eigenvalue weighted by atomic mass is 9.94. The fourth-order valence-corrected chi connectivity index (χ4v) is 3.02. The van der Waals surface area contributed by atoms with Gasteiger partial charge in [-0.3, -0.25) is 0 Å². The van der Waals surface area contributed by atoms with Gasteiger partial charge in [-0.1, -0.05) is 32.0 Å². The van der Waals surface area contributed by atoms with Gasteiger partial charge in [0.15, 0.2) is 0 Å². The molecule has 0 fully saturated rings. The topological polar surface area (TPSA) is 21.3 Å². The minimum Gasteiger partial charge on any atom is -0.496 e. The summed E-state index contributed by atoms with van der Waals surface area (Å²) in [5, 5.41) is 3.46. The van der Waals surface area contributed by atoms with E-state index < -0.39 is 0 Å². The number of para-hydroxylation sites is 1. The van der Waals surface area contributed by atoms with Crippen LogP contribution in [0.4, 0.5) is 5.69 Å². The number of aryl methyl sites for hydroxylation is 1. The van der Waals surface area contributed by atoms with Gasteiger partial charge in [-0.05, 0) is 59.4 Å². The molecule has 1 heterocycles. The highest BCUT2D eigenvalue weighted by Crippen LogP contribution is 2.34. The van der Waals surface area contributed by atoms with E-state index in [-0.39, 0.29) is 0 Å². The van der Waals surface area contributed by atoms with E-state index in [1.54, 1.807) is 7.11 Å². The molecule has 0 atom stereocenters. The molecule has 0 saturated heterocycles. The summed E-state index contributed by atoms with van der Waals surface area (Å²) in [4.78, 5) is 0. The predicted molar refractivity (Wildman–Crippen MR) is 94.6 cm³/mol. The van der Waals surface area contributed by atoms with E-state index in [4.69, 9.17) is 4.74 Å². The summed E-state index contributed by atoms with van der Waals surface area (Å²) < 4.78 is 5.54. The Bertz CT molecular complexity index is 728. The van der Waals surface area contributed by atoms with Gasteiger partial charge in [0.1, 0.15) is 5.75 Å². The third-order valence-corrected chi connectivity index (χ3v) is 4.31. The molecule has 2 nitrogen and oxygen atoms in total. The predicted octanol–water partition coefficient (Wildman–Crippen LogP) is 5.09. The molecule has 2 heteroatoms. The van der Waals surface area contributed by atoms with Gasteiger partial charge >= 0.3 is 0 Å². The SMILES string of the molecule is COc1cc(C)c(/C=C2\CNc3ccccc32)cc1C(C)C. The lowest BCUT2D eigenvalue weighted by Gasteiger charge is -2.15. The van der Waals surface area contributed by atoms with E-state index in [1.165, 1.54) is 33.5 Å². The smallest absolute Gasteiger partial charge is 0.122 e. The molecule has 1 aliphatic heterocycles.